The molecule has 1 aliphatic heterocycles. The van der Waals surface area contributed by atoms with E-state index in [1.54, 1.807) is 12.1 Å². The van der Waals surface area contributed by atoms with Gasteiger partial charge in [-0.25, -0.2) is 0 Å². The van der Waals surface area contributed by atoms with Crippen molar-refractivity contribution in [3.05, 3.63) is 22.2 Å². The van der Waals surface area contributed by atoms with Gasteiger partial charge in [-0.1, -0.05) is 23.2 Å². The number of aliphatic hydroxyl groups is 1. The first-order valence-electron chi connectivity index (χ1n) is 5.76. The quantitative estimate of drug-likeness (QED) is 0.820. The molecule has 18 heavy (non-hydrogen) atoms. The van der Waals surface area contributed by atoms with Crippen LogP contribution in [0.1, 0.15) is 6.92 Å². The molecule has 0 aromatic heterocycles. The van der Waals surface area contributed by atoms with Gasteiger partial charge in [0.1, 0.15) is 0 Å². The second-order valence-electron chi connectivity index (χ2n) is 4.46. The molecule has 0 spiro atoms. The van der Waals surface area contributed by atoms with Gasteiger partial charge in [0, 0.05) is 12.6 Å². The van der Waals surface area contributed by atoms with E-state index in [0.717, 1.165) is 5.69 Å². The zero-order valence-corrected chi connectivity index (χ0v) is 11.6. The molecule has 0 saturated carbocycles. The monoisotopic (exact) mass is 290 g/mol. The zero-order valence-electron chi connectivity index (χ0n) is 10.1. The minimum atomic E-state index is -0.199. The van der Waals surface area contributed by atoms with Crippen molar-refractivity contribution < 1.29 is 9.84 Å². The summed E-state index contributed by atoms with van der Waals surface area (Å²) < 4.78 is 5.49. The van der Waals surface area contributed by atoms with Crippen molar-refractivity contribution in [3.63, 3.8) is 0 Å². The number of nitrogens with zero attached hydrogens (tertiary/aromatic N) is 1. The third kappa shape index (κ3) is 2.67. The molecule has 1 saturated heterocycles. The zero-order chi connectivity index (χ0) is 13.3. The van der Waals surface area contributed by atoms with E-state index in [4.69, 9.17) is 33.7 Å². The summed E-state index contributed by atoms with van der Waals surface area (Å²) in [6.07, 6.45) is -0.199. The molecular weight excluding hydrogens is 275 g/mol. The van der Waals surface area contributed by atoms with E-state index in [2.05, 4.69) is 4.90 Å². The minimum Gasteiger partial charge on any atom is -0.397 e. The predicted molar refractivity (Wildman–Crippen MR) is 74.5 cm³/mol. The van der Waals surface area contributed by atoms with Crippen LogP contribution in [0.2, 0.25) is 10.0 Å². The Labute approximate surface area is 116 Å². The van der Waals surface area contributed by atoms with E-state index in [0.29, 0.717) is 28.9 Å². The molecule has 2 atom stereocenters. The van der Waals surface area contributed by atoms with Crippen LogP contribution in [0, 0.1) is 0 Å². The normalized spacial score (nSPS) is 24.3. The predicted octanol–water partition coefficient (Wildman–Crippen LogP) is 2.16. The number of rotatable bonds is 2. The van der Waals surface area contributed by atoms with Crippen LogP contribution in [0.15, 0.2) is 12.1 Å². The highest BCUT2D eigenvalue weighted by Gasteiger charge is 2.27. The number of hydrogen-bond donors (Lipinski definition) is 2. The van der Waals surface area contributed by atoms with Gasteiger partial charge < -0.3 is 20.5 Å². The van der Waals surface area contributed by atoms with Crippen molar-refractivity contribution in [2.75, 3.05) is 30.4 Å². The van der Waals surface area contributed by atoms with Crippen LogP contribution >= 0.6 is 23.2 Å². The fourth-order valence-corrected chi connectivity index (χ4v) is 2.39. The van der Waals surface area contributed by atoms with Crippen LogP contribution in [0.3, 0.4) is 0 Å². The number of morpholine rings is 1. The van der Waals surface area contributed by atoms with E-state index < -0.39 is 0 Å². The summed E-state index contributed by atoms with van der Waals surface area (Å²) in [5.74, 6) is 0. The molecule has 1 aliphatic rings. The van der Waals surface area contributed by atoms with Gasteiger partial charge in [0.15, 0.2) is 0 Å². The topological polar surface area (TPSA) is 58.7 Å². The van der Waals surface area contributed by atoms with Crippen molar-refractivity contribution in [2.24, 2.45) is 0 Å². The van der Waals surface area contributed by atoms with Crippen molar-refractivity contribution in [1.82, 2.24) is 0 Å². The summed E-state index contributed by atoms with van der Waals surface area (Å²) in [7, 11) is 0. The SMILES string of the molecule is CC1COC(CO)CN1c1cc(Cl)c(Cl)cc1N. The van der Waals surface area contributed by atoms with Gasteiger partial charge in [0.2, 0.25) is 0 Å². The Hall–Kier alpha value is -0.680. The number of nitrogen functional groups attached to an aromatic ring is 1. The van der Waals surface area contributed by atoms with Gasteiger partial charge in [-0.2, -0.15) is 0 Å². The van der Waals surface area contributed by atoms with E-state index in [9.17, 15) is 5.11 Å². The molecule has 0 amide bonds. The number of halogens is 2. The number of anilines is 2. The molecular formula is C12H16Cl2N2O2. The van der Waals surface area contributed by atoms with Crippen molar-refractivity contribution in [2.45, 2.75) is 19.1 Å². The van der Waals surface area contributed by atoms with Gasteiger partial charge in [-0.15, -0.1) is 0 Å². The molecule has 0 radical (unpaired) electrons. The lowest BCUT2D eigenvalue weighted by Gasteiger charge is -2.39. The first-order chi connectivity index (χ1) is 8.52. The molecule has 3 N–H and O–H groups in total. The summed E-state index contributed by atoms with van der Waals surface area (Å²) in [4.78, 5) is 2.09. The lowest BCUT2D eigenvalue weighted by molar-refractivity contribution is -0.0102. The molecule has 1 aromatic rings. The van der Waals surface area contributed by atoms with Crippen molar-refractivity contribution in [1.29, 1.82) is 0 Å². The second kappa shape index (κ2) is 5.53. The van der Waals surface area contributed by atoms with Gasteiger partial charge >= 0.3 is 0 Å². The van der Waals surface area contributed by atoms with E-state index in [1.165, 1.54) is 0 Å². The van der Waals surface area contributed by atoms with E-state index >= 15 is 0 Å². The Morgan fingerprint density at radius 3 is 2.78 bits per heavy atom. The molecule has 1 aromatic carbocycles. The molecule has 6 heteroatoms. The molecule has 0 aliphatic carbocycles. The van der Waals surface area contributed by atoms with Crippen molar-refractivity contribution in [3.8, 4) is 0 Å². The molecule has 100 valence electrons. The number of aliphatic hydroxyl groups excluding tert-OH is 1. The Kier molecular flexibility index (Phi) is 4.22. The van der Waals surface area contributed by atoms with E-state index in [-0.39, 0.29) is 18.8 Å². The molecule has 1 fully saturated rings. The number of benzene rings is 1. The van der Waals surface area contributed by atoms with Gasteiger partial charge in [0.05, 0.1) is 40.7 Å². The average Bonchev–Trinajstić information content (AvgIpc) is 2.35. The smallest absolute Gasteiger partial charge is 0.0981 e. The summed E-state index contributed by atoms with van der Waals surface area (Å²) in [5.41, 5.74) is 7.39. The van der Waals surface area contributed by atoms with Gasteiger partial charge in [-0.05, 0) is 19.1 Å². The van der Waals surface area contributed by atoms with Crippen molar-refractivity contribution >= 4 is 34.6 Å². The maximum atomic E-state index is 9.18. The lowest BCUT2D eigenvalue weighted by atomic mass is 10.1. The summed E-state index contributed by atoms with van der Waals surface area (Å²) in [6.45, 7) is 3.16. The lowest BCUT2D eigenvalue weighted by Crippen LogP contribution is -2.49. The highest BCUT2D eigenvalue weighted by molar-refractivity contribution is 6.42. The highest BCUT2D eigenvalue weighted by atomic mass is 35.5. The fourth-order valence-electron chi connectivity index (χ4n) is 2.06. The van der Waals surface area contributed by atoms with Gasteiger partial charge in [0.25, 0.3) is 0 Å². The van der Waals surface area contributed by atoms with E-state index in [1.807, 2.05) is 6.92 Å². The Morgan fingerprint density at radius 2 is 2.11 bits per heavy atom. The largest absolute Gasteiger partial charge is 0.397 e. The third-order valence-electron chi connectivity index (χ3n) is 3.09. The standard InChI is InChI=1S/C12H16Cl2N2O2/c1-7-6-18-8(5-17)4-16(7)12-3-10(14)9(13)2-11(12)15/h2-3,7-8,17H,4-6,15H2,1H3. The van der Waals surface area contributed by atoms with Crippen LogP contribution in [-0.2, 0) is 4.74 Å². The third-order valence-corrected chi connectivity index (χ3v) is 3.81. The maximum absolute atomic E-state index is 9.18. The molecule has 1 heterocycles. The molecule has 2 unspecified atom stereocenters. The number of ether oxygens (including phenoxy) is 1. The van der Waals surface area contributed by atoms with Crippen LogP contribution < -0.4 is 10.6 Å². The second-order valence-corrected chi connectivity index (χ2v) is 5.28. The summed E-state index contributed by atoms with van der Waals surface area (Å²) in [6, 6.07) is 3.58. The minimum absolute atomic E-state index is 0.00948. The Morgan fingerprint density at radius 1 is 1.44 bits per heavy atom. The first kappa shape index (κ1) is 13.7. The van der Waals surface area contributed by atoms with Crippen LogP contribution in [0.25, 0.3) is 0 Å². The van der Waals surface area contributed by atoms with Crippen LogP contribution in [0.4, 0.5) is 11.4 Å². The molecule has 4 nitrogen and oxygen atoms in total. The molecule has 0 bridgehead atoms. The van der Waals surface area contributed by atoms with Crippen LogP contribution in [-0.4, -0.2) is 37.0 Å². The average molecular weight is 291 g/mol. The first-order valence-corrected chi connectivity index (χ1v) is 6.52. The Bertz CT molecular complexity index is 442. The highest BCUT2D eigenvalue weighted by Crippen LogP contribution is 2.35. The number of nitrogens with two attached hydrogens (primary N) is 1. The maximum Gasteiger partial charge on any atom is 0.0981 e. The fraction of sp³-hybridized carbons (Fsp3) is 0.500. The summed E-state index contributed by atoms with van der Waals surface area (Å²) in [5, 5.41) is 10.1. The Balaban J connectivity index is 2.31. The molecule has 2 rings (SSSR count). The van der Waals surface area contributed by atoms with Gasteiger partial charge in [-0.3, -0.25) is 0 Å². The number of hydrogen-bond acceptors (Lipinski definition) is 4. The summed E-state index contributed by atoms with van der Waals surface area (Å²) >= 11 is 12.0. The van der Waals surface area contributed by atoms with Crippen LogP contribution in [0.5, 0.6) is 0 Å².